The van der Waals surface area contributed by atoms with Crippen LogP contribution in [0.3, 0.4) is 0 Å². The van der Waals surface area contributed by atoms with Crippen molar-refractivity contribution in [1.29, 1.82) is 0 Å². The predicted molar refractivity (Wildman–Crippen MR) is 223 cm³/mol. The maximum atomic E-state index is 7.74. The van der Waals surface area contributed by atoms with E-state index in [0.29, 0.717) is 46.2 Å². The summed E-state index contributed by atoms with van der Waals surface area (Å²) < 4.78 is 0. The molecule has 0 N–H and O–H groups in total. The fourth-order valence-corrected chi connectivity index (χ4v) is 6.57. The van der Waals surface area contributed by atoms with Gasteiger partial charge < -0.3 is 0 Å². The molecule has 0 aliphatic heterocycles. The molecule has 0 bridgehead atoms. The molecule has 0 spiro atoms. The van der Waals surface area contributed by atoms with Crippen LogP contribution in [0.15, 0.2) is 188 Å². The average Bonchev–Trinajstić information content (AvgIpc) is 3.29. The molecule has 0 radical (unpaired) electrons. The summed E-state index contributed by atoms with van der Waals surface area (Å²) >= 11 is 0. The van der Waals surface area contributed by atoms with Gasteiger partial charge in [-0.2, -0.15) is 0 Å². The zero-order valence-electron chi connectivity index (χ0n) is 30.0. The Morgan fingerprint density at radius 1 is 0.268 bits per heavy atom. The van der Waals surface area contributed by atoms with Crippen molar-refractivity contribution in [2.45, 2.75) is 0 Å². The van der Waals surface area contributed by atoms with Crippen LogP contribution in [0.25, 0.3) is 95.4 Å². The Morgan fingerprint density at radius 2 is 0.589 bits per heavy atom. The maximum absolute atomic E-state index is 7.74. The van der Waals surface area contributed by atoms with E-state index in [-0.39, 0.29) is 0 Å². The molecular weight excluding hydrogens is 687 g/mol. The lowest BCUT2D eigenvalue weighted by molar-refractivity contribution is 1.07. The molecule has 0 aliphatic rings. The second-order valence-corrected chi connectivity index (χ2v) is 13.1. The van der Waals surface area contributed by atoms with Crippen LogP contribution < -0.4 is 0 Å². The number of para-hydroxylation sites is 1. The Bertz CT molecular complexity index is 2850. The van der Waals surface area contributed by atoms with E-state index in [1.165, 1.54) is 0 Å². The van der Waals surface area contributed by atoms with Crippen molar-refractivity contribution >= 4 is 5.69 Å². The van der Waals surface area contributed by atoms with Crippen molar-refractivity contribution in [3.63, 3.8) is 0 Å². The average molecular weight is 718 g/mol. The van der Waals surface area contributed by atoms with Crippen LogP contribution in [-0.2, 0) is 0 Å². The van der Waals surface area contributed by atoms with Crippen molar-refractivity contribution in [3.8, 4) is 90.6 Å². The molecule has 9 aromatic rings. The van der Waals surface area contributed by atoms with E-state index in [0.717, 1.165) is 50.1 Å². The van der Waals surface area contributed by atoms with Gasteiger partial charge in [-0.15, -0.1) is 0 Å². The molecule has 0 unspecified atom stereocenters. The Labute approximate surface area is 324 Å². The molecule has 0 amide bonds. The Morgan fingerprint density at radius 3 is 1.07 bits per heavy atom. The van der Waals surface area contributed by atoms with Crippen molar-refractivity contribution in [2.24, 2.45) is 0 Å². The van der Waals surface area contributed by atoms with E-state index in [9.17, 15) is 0 Å². The standard InChI is InChI=1S/C49H31N7/c1-50-43-26-12-11-25-42(43)49-55-45(36-19-9-4-10-20-36)53-48(56-49)41-24-14-22-39(32-41)34-27-29-37(30-28-34)46-51-44(35-17-7-3-8-18-35)52-47(54-46)40-23-13-21-38(31-40)33-15-5-2-6-16-33/h2-32H. The highest BCUT2D eigenvalue weighted by Gasteiger charge is 2.16. The normalized spacial score (nSPS) is 10.8. The van der Waals surface area contributed by atoms with E-state index in [2.05, 4.69) is 53.4 Å². The molecule has 262 valence electrons. The molecule has 2 heterocycles. The second kappa shape index (κ2) is 15.2. The lowest BCUT2D eigenvalue weighted by Crippen LogP contribution is -2.00. The van der Waals surface area contributed by atoms with Gasteiger partial charge in [0.25, 0.3) is 0 Å². The first-order valence-corrected chi connectivity index (χ1v) is 18.2. The summed E-state index contributed by atoms with van der Waals surface area (Å²) in [4.78, 5) is 33.3. The summed E-state index contributed by atoms with van der Waals surface area (Å²) in [7, 11) is 0. The lowest BCUT2D eigenvalue weighted by Gasteiger charge is -2.11. The Balaban J connectivity index is 1.08. The number of hydrogen-bond acceptors (Lipinski definition) is 6. The first-order chi connectivity index (χ1) is 27.7. The summed E-state index contributed by atoms with van der Waals surface area (Å²) in [5, 5.41) is 0. The molecule has 7 nitrogen and oxygen atoms in total. The third-order valence-electron chi connectivity index (χ3n) is 9.43. The molecular formula is C49H31N7. The van der Waals surface area contributed by atoms with Crippen LogP contribution in [0.4, 0.5) is 5.69 Å². The smallest absolute Gasteiger partial charge is 0.198 e. The molecule has 0 saturated heterocycles. The maximum Gasteiger partial charge on any atom is 0.198 e. The van der Waals surface area contributed by atoms with Gasteiger partial charge in [0.2, 0.25) is 0 Å². The monoisotopic (exact) mass is 717 g/mol. The molecule has 56 heavy (non-hydrogen) atoms. The number of benzene rings is 7. The fourth-order valence-electron chi connectivity index (χ4n) is 6.57. The molecule has 0 fully saturated rings. The molecule has 7 heteroatoms. The zero-order chi connectivity index (χ0) is 37.7. The molecule has 2 aromatic heterocycles. The van der Waals surface area contributed by atoms with Crippen LogP contribution in [0.5, 0.6) is 0 Å². The lowest BCUT2D eigenvalue weighted by atomic mass is 10.0. The number of hydrogen-bond donors (Lipinski definition) is 0. The van der Waals surface area contributed by atoms with Gasteiger partial charge in [-0.25, -0.2) is 34.7 Å². The Hall–Kier alpha value is -7.95. The summed E-state index contributed by atoms with van der Waals surface area (Å²) in [6.07, 6.45) is 0. The molecule has 0 aliphatic carbocycles. The van der Waals surface area contributed by atoms with Crippen molar-refractivity contribution in [1.82, 2.24) is 29.9 Å². The minimum absolute atomic E-state index is 0.452. The van der Waals surface area contributed by atoms with Crippen LogP contribution in [-0.4, -0.2) is 29.9 Å². The van der Waals surface area contributed by atoms with E-state index in [1.807, 2.05) is 133 Å². The van der Waals surface area contributed by atoms with E-state index >= 15 is 0 Å². The summed E-state index contributed by atoms with van der Waals surface area (Å²) in [5.41, 5.74) is 9.78. The topological polar surface area (TPSA) is 81.7 Å². The second-order valence-electron chi connectivity index (χ2n) is 13.1. The largest absolute Gasteiger partial charge is 0.237 e. The van der Waals surface area contributed by atoms with Crippen molar-refractivity contribution in [2.75, 3.05) is 0 Å². The number of rotatable bonds is 8. The van der Waals surface area contributed by atoms with Gasteiger partial charge in [-0.05, 0) is 34.4 Å². The third-order valence-corrected chi connectivity index (χ3v) is 9.43. The number of aromatic nitrogens is 6. The van der Waals surface area contributed by atoms with Gasteiger partial charge in [0.15, 0.2) is 40.6 Å². The van der Waals surface area contributed by atoms with Gasteiger partial charge in [0, 0.05) is 33.4 Å². The zero-order valence-corrected chi connectivity index (χ0v) is 30.0. The van der Waals surface area contributed by atoms with Crippen molar-refractivity contribution in [3.05, 3.63) is 199 Å². The van der Waals surface area contributed by atoms with Crippen LogP contribution in [0.1, 0.15) is 0 Å². The van der Waals surface area contributed by atoms with E-state index < -0.39 is 0 Å². The van der Waals surface area contributed by atoms with Gasteiger partial charge in [0.05, 0.1) is 6.57 Å². The SMILES string of the molecule is [C-]#[N+]c1ccccc1-c1nc(-c2ccccc2)nc(-c2cccc(-c3ccc(-c4nc(-c5ccccc5)nc(-c5cccc(-c6ccccc6)c5)n4)cc3)c2)n1. The highest BCUT2D eigenvalue weighted by Crippen LogP contribution is 2.33. The van der Waals surface area contributed by atoms with Gasteiger partial charge in [-0.3, -0.25) is 0 Å². The highest BCUT2D eigenvalue weighted by atomic mass is 15.0. The summed E-state index contributed by atoms with van der Waals surface area (Å²) in [6, 6.07) is 62.2. The first-order valence-electron chi connectivity index (χ1n) is 18.2. The van der Waals surface area contributed by atoms with Gasteiger partial charge in [-0.1, -0.05) is 176 Å². The minimum atomic E-state index is 0.452. The van der Waals surface area contributed by atoms with Crippen LogP contribution in [0, 0.1) is 6.57 Å². The van der Waals surface area contributed by atoms with Gasteiger partial charge >= 0.3 is 0 Å². The Kier molecular flexibility index (Phi) is 9.18. The molecule has 0 saturated carbocycles. The summed E-state index contributed by atoms with van der Waals surface area (Å²) in [5.74, 6) is 3.32. The third kappa shape index (κ3) is 7.06. The highest BCUT2D eigenvalue weighted by molar-refractivity contribution is 5.78. The fraction of sp³-hybridized carbons (Fsp3) is 0. The van der Waals surface area contributed by atoms with Crippen LogP contribution in [0.2, 0.25) is 0 Å². The molecule has 0 atom stereocenters. The van der Waals surface area contributed by atoms with Gasteiger partial charge in [0.1, 0.15) is 0 Å². The van der Waals surface area contributed by atoms with E-state index in [1.54, 1.807) is 6.07 Å². The first kappa shape index (κ1) is 33.9. The predicted octanol–water partition coefficient (Wildman–Crippen LogP) is 11.9. The van der Waals surface area contributed by atoms with Crippen molar-refractivity contribution < 1.29 is 0 Å². The molecule has 7 aromatic carbocycles. The van der Waals surface area contributed by atoms with Crippen LogP contribution >= 0.6 is 0 Å². The quantitative estimate of drug-likeness (QED) is 0.146. The van der Waals surface area contributed by atoms with E-state index in [4.69, 9.17) is 36.5 Å². The number of nitrogens with zero attached hydrogens (tertiary/aromatic N) is 7. The minimum Gasteiger partial charge on any atom is -0.237 e. The summed E-state index contributed by atoms with van der Waals surface area (Å²) in [6.45, 7) is 7.74. The molecule has 9 rings (SSSR count).